The first-order chi connectivity index (χ1) is 37.3. The van der Waals surface area contributed by atoms with Crippen molar-refractivity contribution in [2.24, 2.45) is 0 Å². The van der Waals surface area contributed by atoms with Crippen molar-refractivity contribution in [3.63, 3.8) is 0 Å². The average Bonchev–Trinajstić information content (AvgIpc) is 4.44. The molecule has 0 unspecified atom stereocenters. The van der Waals surface area contributed by atoms with Gasteiger partial charge in [0, 0.05) is 87.1 Å². The molecule has 0 aliphatic rings. The Hall–Kier alpha value is -9.72. The number of hydrogen-bond donors (Lipinski definition) is 0. The van der Waals surface area contributed by atoms with Crippen LogP contribution in [0, 0.1) is 11.6 Å². The van der Waals surface area contributed by atoms with Gasteiger partial charge < -0.3 is 22.5 Å². The summed E-state index contributed by atoms with van der Waals surface area (Å²) in [6, 6.07) is 74.9. The zero-order valence-corrected chi connectivity index (χ0v) is 41.3. The molecular weight excluding hydrogens is 941 g/mol. The maximum Gasteiger partial charge on any atom is 0.160 e. The second-order valence-electron chi connectivity index (χ2n) is 20.5. The molecule has 5 nitrogen and oxygen atoms in total. The molecule has 0 fully saturated rings. The minimum Gasteiger partial charge on any atom is -0.454 e. The molecule has 16 rings (SSSR count). The highest BCUT2D eigenvalue weighted by atomic mass is 19.1. The number of aromatic nitrogens is 3. The number of halogens is 2. The molecule has 16 aromatic rings. The largest absolute Gasteiger partial charge is 0.454 e. The molecule has 0 atom stereocenters. The average molecular weight is 984 g/mol. The van der Waals surface area contributed by atoms with E-state index in [9.17, 15) is 0 Å². The topological polar surface area (TPSA) is 41.1 Å². The van der Waals surface area contributed by atoms with Gasteiger partial charge in [-0.05, 0) is 86.1 Å². The summed E-state index contributed by atoms with van der Waals surface area (Å²) in [7, 11) is 0. The van der Waals surface area contributed by atoms with Gasteiger partial charge in [0.25, 0.3) is 0 Å². The number of para-hydroxylation sites is 6. The molecule has 0 radical (unpaired) electrons. The molecule has 76 heavy (non-hydrogen) atoms. The van der Waals surface area contributed by atoms with E-state index in [2.05, 4.69) is 167 Å². The van der Waals surface area contributed by atoms with Crippen LogP contribution in [0.3, 0.4) is 0 Å². The normalized spacial score (nSPS) is 12.5. The van der Waals surface area contributed by atoms with Crippen LogP contribution in [-0.2, 0) is 5.54 Å². The van der Waals surface area contributed by atoms with E-state index in [1.54, 1.807) is 12.1 Å². The van der Waals surface area contributed by atoms with E-state index in [1.165, 1.54) is 12.1 Å². The quantitative estimate of drug-likeness (QED) is 0.167. The molecule has 0 bridgehead atoms. The van der Waals surface area contributed by atoms with E-state index >= 15 is 8.78 Å². The van der Waals surface area contributed by atoms with Crippen molar-refractivity contribution < 1.29 is 17.6 Å². The summed E-state index contributed by atoms with van der Waals surface area (Å²) >= 11 is 0. The first-order valence-electron chi connectivity index (χ1n) is 25.7. The Bertz CT molecular complexity index is 4830. The second-order valence-corrected chi connectivity index (χ2v) is 20.5. The van der Waals surface area contributed by atoms with Gasteiger partial charge in [0.2, 0.25) is 0 Å². The van der Waals surface area contributed by atoms with E-state index in [4.69, 9.17) is 8.83 Å². The SMILES string of the molecule is CC(C)(c1c(-c2ccccc2F)c(-n2c3ccccc3c3ccc4c5ccccc5oc4c32)cc(-n2c3ccccc3c3ccc4c5ccccc5oc4c32)c1-c1ccccc1F)n1c2ccccc2c2ccccc21. The lowest BCUT2D eigenvalue weighted by Gasteiger charge is -2.37. The van der Waals surface area contributed by atoms with Crippen LogP contribution in [0.4, 0.5) is 8.78 Å². The van der Waals surface area contributed by atoms with E-state index in [0.29, 0.717) is 50.4 Å². The van der Waals surface area contributed by atoms with Crippen molar-refractivity contribution in [1.82, 2.24) is 13.7 Å². The van der Waals surface area contributed by atoms with Crippen molar-refractivity contribution >= 4 is 109 Å². The van der Waals surface area contributed by atoms with Gasteiger partial charge in [0.05, 0.1) is 39.0 Å². The predicted molar refractivity (Wildman–Crippen MR) is 308 cm³/mol. The fourth-order valence-electron chi connectivity index (χ4n) is 13.1. The summed E-state index contributed by atoms with van der Waals surface area (Å²) in [5, 5.41) is 10.0. The first-order valence-corrected chi connectivity index (χ1v) is 25.7. The number of nitrogens with zero attached hydrogens (tertiary/aromatic N) is 3. The molecule has 0 saturated carbocycles. The predicted octanol–water partition coefficient (Wildman–Crippen LogP) is 19.2. The Morgan fingerprint density at radius 3 is 1.12 bits per heavy atom. The molecule has 0 aliphatic carbocycles. The highest BCUT2D eigenvalue weighted by molar-refractivity contribution is 6.24. The van der Waals surface area contributed by atoms with Crippen LogP contribution >= 0.6 is 0 Å². The van der Waals surface area contributed by atoms with Crippen LogP contribution in [-0.4, -0.2) is 13.7 Å². The summed E-state index contributed by atoms with van der Waals surface area (Å²) in [5.41, 5.74) is 11.3. The third kappa shape index (κ3) is 5.71. The van der Waals surface area contributed by atoms with E-state index in [0.717, 1.165) is 98.1 Å². The summed E-state index contributed by atoms with van der Waals surface area (Å²) in [4.78, 5) is 0. The molecule has 5 aromatic heterocycles. The smallest absolute Gasteiger partial charge is 0.160 e. The Balaban J connectivity index is 1.22. The van der Waals surface area contributed by atoms with Gasteiger partial charge in [0.15, 0.2) is 11.2 Å². The summed E-state index contributed by atoms with van der Waals surface area (Å²) in [6.45, 7) is 4.41. The maximum absolute atomic E-state index is 17.9. The van der Waals surface area contributed by atoms with Crippen molar-refractivity contribution in [2.75, 3.05) is 0 Å². The second kappa shape index (κ2) is 15.7. The lowest BCUT2D eigenvalue weighted by atomic mass is 9.78. The number of furan rings is 2. The highest BCUT2D eigenvalue weighted by Crippen LogP contribution is 2.54. The van der Waals surface area contributed by atoms with Crippen LogP contribution in [0.1, 0.15) is 19.4 Å². The monoisotopic (exact) mass is 983 g/mol. The van der Waals surface area contributed by atoms with Crippen LogP contribution in [0.25, 0.3) is 143 Å². The highest BCUT2D eigenvalue weighted by Gasteiger charge is 2.39. The minimum atomic E-state index is -1.08. The summed E-state index contributed by atoms with van der Waals surface area (Å²) < 4.78 is 56.7. The van der Waals surface area contributed by atoms with Crippen LogP contribution in [0.15, 0.2) is 233 Å². The minimum absolute atomic E-state index is 0.370. The number of rotatable bonds is 6. The zero-order valence-electron chi connectivity index (χ0n) is 41.3. The molecule has 11 aromatic carbocycles. The van der Waals surface area contributed by atoms with Gasteiger partial charge in [-0.15, -0.1) is 0 Å². The fourth-order valence-corrected chi connectivity index (χ4v) is 13.1. The lowest BCUT2D eigenvalue weighted by molar-refractivity contribution is 0.466. The number of benzene rings is 11. The molecule has 5 heterocycles. The van der Waals surface area contributed by atoms with Gasteiger partial charge in [0.1, 0.15) is 22.8 Å². The van der Waals surface area contributed by atoms with E-state index < -0.39 is 17.2 Å². The standard InChI is InChI=1S/C69H43F2N3O2/c1-69(2,74-56-31-15-7-19-40(56)41-20-8-16-32-57(41)74)64-62(50-25-3-11-27-52(50)70)58(72-54-29-13-5-21-42(54)46-35-37-48-44-23-9-17-33-60(44)75-67(48)65(46)72)39-59(63(64)51-26-4-12-28-53(51)71)73-55-30-14-6-22-43(55)47-36-38-49-45-24-10-18-34-61(45)76-68(49)66(47)73/h3-39H,1-2H3. The lowest BCUT2D eigenvalue weighted by Crippen LogP contribution is -2.30. The van der Waals surface area contributed by atoms with Crippen molar-refractivity contribution in [3.8, 4) is 33.6 Å². The van der Waals surface area contributed by atoms with Crippen molar-refractivity contribution in [3.05, 3.63) is 242 Å². The van der Waals surface area contributed by atoms with Gasteiger partial charge >= 0.3 is 0 Å². The van der Waals surface area contributed by atoms with Crippen LogP contribution in [0.5, 0.6) is 0 Å². The Labute approximate surface area is 433 Å². The molecule has 0 spiro atoms. The van der Waals surface area contributed by atoms with E-state index in [1.807, 2.05) is 60.7 Å². The third-order valence-electron chi connectivity index (χ3n) is 16.2. The van der Waals surface area contributed by atoms with Gasteiger partial charge in [-0.1, -0.05) is 158 Å². The Kier molecular flexibility index (Phi) is 8.80. The number of fused-ring (bicyclic) bond motifs is 17. The van der Waals surface area contributed by atoms with Gasteiger partial charge in [-0.2, -0.15) is 0 Å². The summed E-state index contributed by atoms with van der Waals surface area (Å²) in [5.74, 6) is -0.823. The Morgan fingerprint density at radius 1 is 0.342 bits per heavy atom. The number of hydrogen-bond acceptors (Lipinski definition) is 2. The van der Waals surface area contributed by atoms with Crippen molar-refractivity contribution in [1.29, 1.82) is 0 Å². The van der Waals surface area contributed by atoms with Crippen LogP contribution < -0.4 is 0 Å². The van der Waals surface area contributed by atoms with Gasteiger partial charge in [-0.25, -0.2) is 8.78 Å². The zero-order chi connectivity index (χ0) is 50.6. The van der Waals surface area contributed by atoms with Crippen molar-refractivity contribution in [2.45, 2.75) is 19.4 Å². The fraction of sp³-hybridized carbons (Fsp3) is 0.0435. The molecule has 0 N–H and O–H groups in total. The maximum atomic E-state index is 17.9. The van der Waals surface area contributed by atoms with Crippen LogP contribution in [0.2, 0.25) is 0 Å². The molecular formula is C69H43F2N3O2. The first kappa shape index (κ1) is 42.8. The molecule has 0 aliphatic heterocycles. The molecule has 7 heteroatoms. The summed E-state index contributed by atoms with van der Waals surface area (Å²) in [6.07, 6.45) is 0. The molecule has 0 amide bonds. The molecule has 360 valence electrons. The molecule has 0 saturated heterocycles. The Morgan fingerprint density at radius 2 is 0.684 bits per heavy atom. The third-order valence-corrected chi connectivity index (χ3v) is 16.2. The van der Waals surface area contributed by atoms with E-state index in [-0.39, 0.29) is 0 Å². The van der Waals surface area contributed by atoms with Gasteiger partial charge in [-0.3, -0.25) is 0 Å².